The van der Waals surface area contributed by atoms with E-state index in [1.165, 1.54) is 40.5 Å². The van der Waals surface area contributed by atoms with Crippen molar-refractivity contribution >= 4 is 21.6 Å². The minimum absolute atomic E-state index is 0.648. The fraction of sp³-hybridized carbons (Fsp3) is 0.625. The Labute approximate surface area is 119 Å². The third-order valence-electron chi connectivity index (χ3n) is 4.44. The molecule has 2 heteroatoms. The number of aryl methyl sites for hydroxylation is 2. The Balaban J connectivity index is 2.10. The smallest absolute Gasteiger partial charge is 0.0402 e. The molecule has 1 fully saturated rings. The van der Waals surface area contributed by atoms with Gasteiger partial charge in [0.2, 0.25) is 0 Å². The molecule has 0 saturated heterocycles. The Bertz CT molecular complexity index is 404. The van der Waals surface area contributed by atoms with E-state index in [1.807, 2.05) is 0 Å². The summed E-state index contributed by atoms with van der Waals surface area (Å²) in [7, 11) is 0. The Morgan fingerprint density at radius 1 is 1.06 bits per heavy atom. The zero-order chi connectivity index (χ0) is 13.3. The molecule has 3 unspecified atom stereocenters. The van der Waals surface area contributed by atoms with Crippen LogP contribution in [0.15, 0.2) is 16.6 Å². The number of nitrogens with one attached hydrogen (secondary N) is 1. The molecule has 0 bridgehead atoms. The first-order valence-corrected chi connectivity index (χ1v) is 7.80. The maximum Gasteiger partial charge on any atom is 0.0402 e. The highest BCUT2D eigenvalue weighted by Gasteiger charge is 2.24. The molecule has 0 radical (unpaired) electrons. The fourth-order valence-corrected chi connectivity index (χ4v) is 3.71. The maximum atomic E-state index is 3.77. The van der Waals surface area contributed by atoms with Crippen molar-refractivity contribution in [2.75, 3.05) is 5.32 Å². The molecule has 0 aliphatic heterocycles. The molecule has 1 aromatic rings. The van der Waals surface area contributed by atoms with E-state index in [9.17, 15) is 0 Å². The second kappa shape index (κ2) is 5.64. The lowest BCUT2D eigenvalue weighted by Crippen LogP contribution is -2.30. The van der Waals surface area contributed by atoms with Crippen LogP contribution < -0.4 is 5.32 Å². The molecule has 1 N–H and O–H groups in total. The second-order valence-electron chi connectivity index (χ2n) is 6.02. The molecule has 0 spiro atoms. The second-order valence-corrected chi connectivity index (χ2v) is 6.94. The third-order valence-corrected chi connectivity index (χ3v) is 4.90. The highest BCUT2D eigenvalue weighted by molar-refractivity contribution is 9.10. The number of halogens is 1. The standard InChI is InChI=1S/C16H24BrN/c1-10-5-6-15(9-11(10)2)18-16-12(3)7-14(17)8-13(16)4/h7-8,10-11,15,18H,5-6,9H2,1-4H3. The monoisotopic (exact) mass is 309 g/mol. The van der Waals surface area contributed by atoms with Gasteiger partial charge in [-0.2, -0.15) is 0 Å². The van der Waals surface area contributed by atoms with Crippen LogP contribution in [0.4, 0.5) is 5.69 Å². The minimum Gasteiger partial charge on any atom is -0.382 e. The van der Waals surface area contributed by atoms with E-state index < -0.39 is 0 Å². The van der Waals surface area contributed by atoms with E-state index in [0.717, 1.165) is 11.8 Å². The van der Waals surface area contributed by atoms with E-state index in [2.05, 4.69) is 61.1 Å². The lowest BCUT2D eigenvalue weighted by Gasteiger charge is -2.33. The van der Waals surface area contributed by atoms with E-state index in [1.54, 1.807) is 0 Å². The molecule has 0 aromatic heterocycles. The molecule has 1 nitrogen and oxygen atoms in total. The van der Waals surface area contributed by atoms with Crippen LogP contribution in [0.2, 0.25) is 0 Å². The van der Waals surface area contributed by atoms with Crippen LogP contribution in [0.5, 0.6) is 0 Å². The zero-order valence-electron chi connectivity index (χ0n) is 11.9. The summed E-state index contributed by atoms with van der Waals surface area (Å²) in [6, 6.07) is 5.05. The number of anilines is 1. The molecule has 1 aromatic carbocycles. The largest absolute Gasteiger partial charge is 0.382 e. The summed E-state index contributed by atoms with van der Waals surface area (Å²) in [6.45, 7) is 9.15. The Morgan fingerprint density at radius 3 is 2.22 bits per heavy atom. The number of hydrogen-bond acceptors (Lipinski definition) is 1. The van der Waals surface area contributed by atoms with Crippen LogP contribution in [0.3, 0.4) is 0 Å². The van der Waals surface area contributed by atoms with Crippen LogP contribution in [-0.2, 0) is 0 Å². The summed E-state index contributed by atoms with van der Waals surface area (Å²) < 4.78 is 1.17. The average molecular weight is 310 g/mol. The van der Waals surface area contributed by atoms with Crippen molar-refractivity contribution in [1.29, 1.82) is 0 Å². The van der Waals surface area contributed by atoms with E-state index in [-0.39, 0.29) is 0 Å². The molecule has 1 saturated carbocycles. The predicted octanol–water partition coefficient (Wildman–Crippen LogP) is 5.30. The molecule has 0 heterocycles. The minimum atomic E-state index is 0.648. The summed E-state index contributed by atoms with van der Waals surface area (Å²) in [4.78, 5) is 0. The van der Waals surface area contributed by atoms with Crippen LogP contribution in [0, 0.1) is 25.7 Å². The SMILES string of the molecule is Cc1cc(Br)cc(C)c1NC1CCC(C)C(C)C1. The van der Waals surface area contributed by atoms with E-state index in [4.69, 9.17) is 0 Å². The molecule has 0 amide bonds. The summed E-state index contributed by atoms with van der Waals surface area (Å²) in [5.41, 5.74) is 4.02. The van der Waals surface area contributed by atoms with Crippen molar-refractivity contribution in [3.63, 3.8) is 0 Å². The van der Waals surface area contributed by atoms with Crippen LogP contribution >= 0.6 is 15.9 Å². The zero-order valence-corrected chi connectivity index (χ0v) is 13.5. The van der Waals surface area contributed by atoms with Gasteiger partial charge in [0.05, 0.1) is 0 Å². The van der Waals surface area contributed by atoms with Crippen molar-refractivity contribution in [2.45, 2.75) is 53.0 Å². The van der Waals surface area contributed by atoms with Crippen LogP contribution in [-0.4, -0.2) is 6.04 Å². The summed E-state index contributed by atoms with van der Waals surface area (Å²) in [5, 5.41) is 3.77. The van der Waals surface area contributed by atoms with Crippen molar-refractivity contribution in [3.05, 3.63) is 27.7 Å². The van der Waals surface area contributed by atoms with Gasteiger partial charge in [-0.25, -0.2) is 0 Å². The highest BCUT2D eigenvalue weighted by atomic mass is 79.9. The van der Waals surface area contributed by atoms with Crippen molar-refractivity contribution in [2.24, 2.45) is 11.8 Å². The van der Waals surface area contributed by atoms with Gasteiger partial charge in [0.1, 0.15) is 0 Å². The van der Waals surface area contributed by atoms with Gasteiger partial charge in [-0.1, -0.05) is 29.8 Å². The molecule has 18 heavy (non-hydrogen) atoms. The molecular formula is C16H24BrN. The van der Waals surface area contributed by atoms with Crippen molar-refractivity contribution in [1.82, 2.24) is 0 Å². The lowest BCUT2D eigenvalue weighted by atomic mass is 9.79. The van der Waals surface area contributed by atoms with Gasteiger partial charge in [0.25, 0.3) is 0 Å². The van der Waals surface area contributed by atoms with E-state index >= 15 is 0 Å². The molecule has 3 atom stereocenters. The normalized spacial score (nSPS) is 28.2. The van der Waals surface area contributed by atoms with Gasteiger partial charge in [-0.3, -0.25) is 0 Å². The van der Waals surface area contributed by atoms with Gasteiger partial charge in [0.15, 0.2) is 0 Å². The Kier molecular flexibility index (Phi) is 4.37. The molecule has 1 aliphatic rings. The van der Waals surface area contributed by atoms with Crippen molar-refractivity contribution < 1.29 is 0 Å². The molecule has 2 rings (SSSR count). The van der Waals surface area contributed by atoms with Gasteiger partial charge in [-0.15, -0.1) is 0 Å². The highest BCUT2D eigenvalue weighted by Crippen LogP contribution is 2.33. The van der Waals surface area contributed by atoms with Crippen LogP contribution in [0.25, 0.3) is 0 Å². The van der Waals surface area contributed by atoms with Gasteiger partial charge in [-0.05, 0) is 68.2 Å². The summed E-state index contributed by atoms with van der Waals surface area (Å²) >= 11 is 3.56. The topological polar surface area (TPSA) is 12.0 Å². The first-order valence-electron chi connectivity index (χ1n) is 7.00. The average Bonchev–Trinajstić information content (AvgIpc) is 2.28. The fourth-order valence-electron chi connectivity index (χ4n) is 3.02. The molecule has 100 valence electrons. The number of hydrogen-bond donors (Lipinski definition) is 1. The quantitative estimate of drug-likeness (QED) is 0.781. The van der Waals surface area contributed by atoms with E-state index in [0.29, 0.717) is 6.04 Å². The first kappa shape index (κ1) is 13.9. The summed E-state index contributed by atoms with van der Waals surface area (Å²) in [5.74, 6) is 1.72. The Hall–Kier alpha value is -0.500. The first-order chi connectivity index (χ1) is 8.47. The molecule has 1 aliphatic carbocycles. The lowest BCUT2D eigenvalue weighted by molar-refractivity contribution is 0.261. The number of rotatable bonds is 2. The maximum absolute atomic E-state index is 3.77. The van der Waals surface area contributed by atoms with Crippen LogP contribution in [0.1, 0.15) is 44.2 Å². The predicted molar refractivity (Wildman–Crippen MR) is 83.2 cm³/mol. The van der Waals surface area contributed by atoms with Gasteiger partial charge in [0, 0.05) is 16.2 Å². The summed E-state index contributed by atoms with van der Waals surface area (Å²) in [6.07, 6.45) is 3.96. The third kappa shape index (κ3) is 3.09. The van der Waals surface area contributed by atoms with Crippen molar-refractivity contribution in [3.8, 4) is 0 Å². The number of benzene rings is 1. The molecular weight excluding hydrogens is 286 g/mol. The van der Waals surface area contributed by atoms with Gasteiger partial charge >= 0.3 is 0 Å². The van der Waals surface area contributed by atoms with Gasteiger partial charge < -0.3 is 5.32 Å². The Morgan fingerprint density at radius 2 is 1.67 bits per heavy atom.